The van der Waals surface area contributed by atoms with Gasteiger partial charge >= 0.3 is 0 Å². The van der Waals surface area contributed by atoms with Gasteiger partial charge in [0.15, 0.2) is 0 Å². The third-order valence-electron chi connectivity index (χ3n) is 4.83. The second kappa shape index (κ2) is 7.81. The molecule has 118 valence electrons. The summed E-state index contributed by atoms with van der Waals surface area (Å²) in [7, 11) is 0. The van der Waals surface area contributed by atoms with Crippen molar-refractivity contribution >= 4 is 0 Å². The van der Waals surface area contributed by atoms with Crippen molar-refractivity contribution in [3.05, 3.63) is 30.3 Å². The fourth-order valence-electron chi connectivity index (χ4n) is 3.12. The molecule has 1 aliphatic rings. The van der Waals surface area contributed by atoms with Gasteiger partial charge in [-0.3, -0.25) is 0 Å². The van der Waals surface area contributed by atoms with E-state index in [1.165, 1.54) is 0 Å². The van der Waals surface area contributed by atoms with Gasteiger partial charge in [-0.1, -0.05) is 32.0 Å². The first-order chi connectivity index (χ1) is 10.2. The number of ether oxygens (including phenoxy) is 2. The lowest BCUT2D eigenvalue weighted by molar-refractivity contribution is -0.125. The quantitative estimate of drug-likeness (QED) is 0.705. The molecule has 0 amide bonds. The molecule has 1 N–H and O–H groups in total. The van der Waals surface area contributed by atoms with Crippen LogP contribution >= 0.6 is 0 Å². The summed E-state index contributed by atoms with van der Waals surface area (Å²) in [5.74, 6) is 0.955. The smallest absolute Gasteiger partial charge is 0.119 e. The zero-order chi connectivity index (χ0) is 15.1. The Bertz CT molecular complexity index is 409. The van der Waals surface area contributed by atoms with E-state index in [-0.39, 0.29) is 5.41 Å². The highest BCUT2D eigenvalue weighted by Gasteiger charge is 2.50. The molecule has 0 aromatic heterocycles. The van der Waals surface area contributed by atoms with Crippen LogP contribution in [-0.2, 0) is 4.74 Å². The summed E-state index contributed by atoms with van der Waals surface area (Å²) in [6, 6.07) is 10.6. The average Bonchev–Trinajstić information content (AvgIpc) is 2.52. The molecule has 2 rings (SSSR count). The normalized spacial score (nSPS) is 28.1. The second-order valence-electron chi connectivity index (χ2n) is 6.06. The summed E-state index contributed by atoms with van der Waals surface area (Å²) < 4.78 is 11.5. The highest BCUT2D eigenvalue weighted by Crippen LogP contribution is 2.45. The van der Waals surface area contributed by atoms with Crippen molar-refractivity contribution in [1.29, 1.82) is 0 Å². The maximum atomic E-state index is 5.84. The SMILES string of the molecule is CCOC1CC(NCCCOc2ccccc2)C1(C)CC. The third-order valence-corrected chi connectivity index (χ3v) is 4.83. The molecule has 0 heterocycles. The summed E-state index contributed by atoms with van der Waals surface area (Å²) in [6.45, 7) is 9.27. The number of para-hydroxylation sites is 1. The summed E-state index contributed by atoms with van der Waals surface area (Å²) in [6.07, 6.45) is 3.75. The molecule has 1 aromatic rings. The predicted octanol–water partition coefficient (Wildman–Crippen LogP) is 3.64. The number of benzene rings is 1. The van der Waals surface area contributed by atoms with Gasteiger partial charge < -0.3 is 14.8 Å². The van der Waals surface area contributed by atoms with Crippen LogP contribution in [0.3, 0.4) is 0 Å². The molecule has 0 aliphatic heterocycles. The van der Waals surface area contributed by atoms with Gasteiger partial charge in [-0.2, -0.15) is 0 Å². The summed E-state index contributed by atoms with van der Waals surface area (Å²) in [5.41, 5.74) is 0.288. The van der Waals surface area contributed by atoms with Gasteiger partial charge in [-0.15, -0.1) is 0 Å². The zero-order valence-corrected chi connectivity index (χ0v) is 13.6. The van der Waals surface area contributed by atoms with E-state index in [0.717, 1.165) is 44.8 Å². The minimum Gasteiger partial charge on any atom is -0.494 e. The van der Waals surface area contributed by atoms with E-state index in [2.05, 4.69) is 26.1 Å². The predicted molar refractivity (Wildman–Crippen MR) is 86.8 cm³/mol. The Hall–Kier alpha value is -1.06. The standard InChI is InChI=1S/C18H29NO2/c1-4-18(3)16(14-17(18)20-5-2)19-12-9-13-21-15-10-7-6-8-11-15/h6-8,10-11,16-17,19H,4-5,9,12-14H2,1-3H3. The zero-order valence-electron chi connectivity index (χ0n) is 13.6. The van der Waals surface area contributed by atoms with Crippen LogP contribution in [0.25, 0.3) is 0 Å². The first-order valence-electron chi connectivity index (χ1n) is 8.23. The number of hydrogen-bond donors (Lipinski definition) is 1. The van der Waals surface area contributed by atoms with Crippen LogP contribution in [0.1, 0.15) is 40.0 Å². The van der Waals surface area contributed by atoms with Crippen molar-refractivity contribution in [2.24, 2.45) is 5.41 Å². The minimum atomic E-state index is 0.288. The van der Waals surface area contributed by atoms with Crippen molar-refractivity contribution < 1.29 is 9.47 Å². The lowest BCUT2D eigenvalue weighted by atomic mass is 9.61. The monoisotopic (exact) mass is 291 g/mol. The number of nitrogens with one attached hydrogen (secondary N) is 1. The highest BCUT2D eigenvalue weighted by atomic mass is 16.5. The molecule has 3 unspecified atom stereocenters. The molecular formula is C18H29NO2. The fraction of sp³-hybridized carbons (Fsp3) is 0.667. The Morgan fingerprint density at radius 2 is 2.00 bits per heavy atom. The van der Waals surface area contributed by atoms with E-state index in [4.69, 9.17) is 9.47 Å². The molecule has 1 aliphatic carbocycles. The van der Waals surface area contributed by atoms with Gasteiger partial charge in [0.25, 0.3) is 0 Å². The molecule has 21 heavy (non-hydrogen) atoms. The fourth-order valence-corrected chi connectivity index (χ4v) is 3.12. The van der Waals surface area contributed by atoms with Crippen LogP contribution in [0.2, 0.25) is 0 Å². The molecule has 1 aromatic carbocycles. The van der Waals surface area contributed by atoms with Gasteiger partial charge in [0, 0.05) is 18.1 Å². The number of hydrogen-bond acceptors (Lipinski definition) is 3. The molecule has 1 fully saturated rings. The maximum absolute atomic E-state index is 5.84. The van der Waals surface area contributed by atoms with E-state index >= 15 is 0 Å². The maximum Gasteiger partial charge on any atom is 0.119 e. The van der Waals surface area contributed by atoms with E-state index in [1.54, 1.807) is 0 Å². The van der Waals surface area contributed by atoms with Crippen molar-refractivity contribution in [1.82, 2.24) is 5.32 Å². The van der Waals surface area contributed by atoms with Crippen LogP contribution in [0.4, 0.5) is 0 Å². The van der Waals surface area contributed by atoms with Gasteiger partial charge in [0.1, 0.15) is 5.75 Å². The van der Waals surface area contributed by atoms with Gasteiger partial charge in [-0.25, -0.2) is 0 Å². The second-order valence-corrected chi connectivity index (χ2v) is 6.06. The molecule has 0 bridgehead atoms. The molecule has 1 saturated carbocycles. The highest BCUT2D eigenvalue weighted by molar-refractivity contribution is 5.20. The average molecular weight is 291 g/mol. The summed E-state index contributed by atoms with van der Waals surface area (Å²) in [5, 5.41) is 3.68. The van der Waals surface area contributed by atoms with Crippen molar-refractivity contribution in [3.8, 4) is 5.75 Å². The largest absolute Gasteiger partial charge is 0.494 e. The van der Waals surface area contributed by atoms with Crippen LogP contribution in [0.15, 0.2) is 30.3 Å². The Labute approximate surface area is 129 Å². The van der Waals surface area contributed by atoms with Crippen LogP contribution in [-0.4, -0.2) is 31.9 Å². The lowest BCUT2D eigenvalue weighted by Crippen LogP contribution is -2.62. The lowest BCUT2D eigenvalue weighted by Gasteiger charge is -2.53. The van der Waals surface area contributed by atoms with Gasteiger partial charge in [0.2, 0.25) is 0 Å². The molecule has 3 atom stereocenters. The molecule has 3 nitrogen and oxygen atoms in total. The summed E-state index contributed by atoms with van der Waals surface area (Å²) in [4.78, 5) is 0. The molecule has 0 saturated heterocycles. The Morgan fingerprint density at radius 3 is 2.67 bits per heavy atom. The minimum absolute atomic E-state index is 0.288. The van der Waals surface area contributed by atoms with E-state index in [0.29, 0.717) is 12.1 Å². The molecular weight excluding hydrogens is 262 g/mol. The first-order valence-corrected chi connectivity index (χ1v) is 8.23. The van der Waals surface area contributed by atoms with Crippen molar-refractivity contribution in [3.63, 3.8) is 0 Å². The molecule has 3 heteroatoms. The Morgan fingerprint density at radius 1 is 1.24 bits per heavy atom. The van der Waals surface area contributed by atoms with E-state index in [1.807, 2.05) is 30.3 Å². The third kappa shape index (κ3) is 3.98. The van der Waals surface area contributed by atoms with Gasteiger partial charge in [0.05, 0.1) is 12.7 Å². The van der Waals surface area contributed by atoms with Crippen LogP contribution < -0.4 is 10.1 Å². The Kier molecular flexibility index (Phi) is 6.07. The molecule has 0 spiro atoms. The van der Waals surface area contributed by atoms with Gasteiger partial charge in [-0.05, 0) is 44.9 Å². The Balaban J connectivity index is 1.63. The first kappa shape index (κ1) is 16.3. The summed E-state index contributed by atoms with van der Waals surface area (Å²) >= 11 is 0. The van der Waals surface area contributed by atoms with Crippen LogP contribution in [0.5, 0.6) is 5.75 Å². The van der Waals surface area contributed by atoms with E-state index < -0.39 is 0 Å². The van der Waals surface area contributed by atoms with Crippen LogP contribution in [0, 0.1) is 5.41 Å². The topological polar surface area (TPSA) is 30.5 Å². The van der Waals surface area contributed by atoms with E-state index in [9.17, 15) is 0 Å². The number of rotatable bonds is 9. The molecule has 0 radical (unpaired) electrons. The van der Waals surface area contributed by atoms with Crippen molar-refractivity contribution in [2.75, 3.05) is 19.8 Å². The van der Waals surface area contributed by atoms with Crippen molar-refractivity contribution in [2.45, 2.75) is 52.2 Å².